The molecule has 0 aliphatic carbocycles. The molecule has 0 radical (unpaired) electrons. The normalized spacial score (nSPS) is 15.1. The fourth-order valence-corrected chi connectivity index (χ4v) is 4.86. The summed E-state index contributed by atoms with van der Waals surface area (Å²) in [6.45, 7) is 1.85. The van der Waals surface area contributed by atoms with Crippen molar-refractivity contribution in [3.8, 4) is 11.3 Å². The molecule has 1 saturated heterocycles. The maximum atomic E-state index is 13.9. The van der Waals surface area contributed by atoms with Gasteiger partial charge >= 0.3 is 6.18 Å². The molecule has 180 valence electrons. The number of rotatable bonds is 5. The van der Waals surface area contributed by atoms with Crippen molar-refractivity contribution < 1.29 is 26.0 Å². The Morgan fingerprint density at radius 3 is 2.24 bits per heavy atom. The van der Waals surface area contributed by atoms with Crippen LogP contribution in [0.1, 0.15) is 31.2 Å². The van der Waals surface area contributed by atoms with Gasteiger partial charge in [0.15, 0.2) is 5.82 Å². The fourth-order valence-electron chi connectivity index (χ4n) is 3.80. The molecule has 11 heteroatoms. The number of nitrogens with one attached hydrogen (secondary N) is 1. The summed E-state index contributed by atoms with van der Waals surface area (Å²) < 4.78 is 79.6. The SMILES string of the molecule is O=S(=O)(Nc1cccc(-c2ccc(N3CCCCCC3)nn2)c1)c1ccc(C(F)(F)F)c(F)c1. The van der Waals surface area contributed by atoms with E-state index in [0.717, 1.165) is 31.7 Å². The molecule has 34 heavy (non-hydrogen) atoms. The Morgan fingerprint density at radius 1 is 0.882 bits per heavy atom. The maximum Gasteiger partial charge on any atom is 0.419 e. The van der Waals surface area contributed by atoms with Gasteiger partial charge in [-0.15, -0.1) is 10.2 Å². The second-order valence-corrected chi connectivity index (χ2v) is 9.69. The molecule has 0 amide bonds. The van der Waals surface area contributed by atoms with E-state index in [9.17, 15) is 26.0 Å². The van der Waals surface area contributed by atoms with Crippen molar-refractivity contribution in [1.82, 2.24) is 10.2 Å². The standard InChI is InChI=1S/C23H22F4N4O2S/c24-20-15-18(8-9-19(20)23(25,26)27)34(32,33)30-17-7-5-6-16(14-17)21-10-11-22(29-28-21)31-12-3-1-2-4-13-31/h5-11,14-15,30H,1-4,12-13H2. The minimum Gasteiger partial charge on any atom is -0.355 e. The lowest BCUT2D eigenvalue weighted by Crippen LogP contribution is -2.25. The molecule has 1 aliphatic rings. The average Bonchev–Trinajstić information content (AvgIpc) is 3.08. The van der Waals surface area contributed by atoms with E-state index in [2.05, 4.69) is 19.8 Å². The van der Waals surface area contributed by atoms with Gasteiger partial charge in [0.25, 0.3) is 10.0 Å². The molecule has 1 fully saturated rings. The van der Waals surface area contributed by atoms with Crippen molar-refractivity contribution in [2.45, 2.75) is 36.8 Å². The maximum absolute atomic E-state index is 13.9. The minimum absolute atomic E-state index is 0.149. The molecule has 2 heterocycles. The summed E-state index contributed by atoms with van der Waals surface area (Å²) in [7, 11) is -4.32. The van der Waals surface area contributed by atoms with E-state index in [1.165, 1.54) is 25.0 Å². The Labute approximate surface area is 194 Å². The summed E-state index contributed by atoms with van der Waals surface area (Å²) in [5, 5.41) is 8.58. The van der Waals surface area contributed by atoms with Crippen LogP contribution in [0, 0.1) is 5.82 Å². The Hall–Kier alpha value is -3.21. The van der Waals surface area contributed by atoms with Crippen LogP contribution in [-0.2, 0) is 16.2 Å². The predicted molar refractivity (Wildman–Crippen MR) is 120 cm³/mol. The Morgan fingerprint density at radius 2 is 1.62 bits per heavy atom. The summed E-state index contributed by atoms with van der Waals surface area (Å²) in [5.41, 5.74) is -0.263. The number of hydrogen-bond acceptors (Lipinski definition) is 5. The van der Waals surface area contributed by atoms with Crippen LogP contribution in [0.3, 0.4) is 0 Å². The third-order valence-corrected chi connectivity index (χ3v) is 6.93. The van der Waals surface area contributed by atoms with Crippen LogP contribution in [0.25, 0.3) is 11.3 Å². The zero-order chi connectivity index (χ0) is 24.3. The van der Waals surface area contributed by atoms with Crippen LogP contribution in [0.2, 0.25) is 0 Å². The smallest absolute Gasteiger partial charge is 0.355 e. The second kappa shape index (κ2) is 9.57. The number of benzene rings is 2. The van der Waals surface area contributed by atoms with Crippen LogP contribution in [-0.4, -0.2) is 31.7 Å². The lowest BCUT2D eigenvalue weighted by atomic mass is 10.1. The molecule has 1 aliphatic heterocycles. The molecule has 6 nitrogen and oxygen atoms in total. The van der Waals surface area contributed by atoms with E-state index in [-0.39, 0.29) is 5.69 Å². The topological polar surface area (TPSA) is 75.2 Å². The van der Waals surface area contributed by atoms with Crippen LogP contribution in [0.5, 0.6) is 0 Å². The van der Waals surface area contributed by atoms with Gasteiger partial charge in [-0.3, -0.25) is 4.72 Å². The van der Waals surface area contributed by atoms with Crippen molar-refractivity contribution in [1.29, 1.82) is 0 Å². The van der Waals surface area contributed by atoms with Crippen molar-refractivity contribution in [2.24, 2.45) is 0 Å². The number of nitrogens with zero attached hydrogens (tertiary/aromatic N) is 3. The Balaban J connectivity index is 1.53. The number of hydrogen-bond donors (Lipinski definition) is 1. The van der Waals surface area contributed by atoms with E-state index >= 15 is 0 Å². The van der Waals surface area contributed by atoms with Gasteiger partial charge in [-0.25, -0.2) is 12.8 Å². The van der Waals surface area contributed by atoms with E-state index < -0.39 is 32.5 Å². The van der Waals surface area contributed by atoms with Crippen molar-refractivity contribution in [3.63, 3.8) is 0 Å². The molecular weight excluding hydrogens is 472 g/mol. The average molecular weight is 495 g/mol. The van der Waals surface area contributed by atoms with E-state index in [1.54, 1.807) is 18.2 Å². The van der Waals surface area contributed by atoms with E-state index in [0.29, 0.717) is 29.5 Å². The number of sulfonamides is 1. The quantitative estimate of drug-likeness (QED) is 0.476. The minimum atomic E-state index is -4.92. The van der Waals surface area contributed by atoms with Gasteiger partial charge in [-0.1, -0.05) is 25.0 Å². The second-order valence-electron chi connectivity index (χ2n) is 8.00. The predicted octanol–water partition coefficient (Wildman–Crippen LogP) is 5.48. The number of anilines is 2. The first-order valence-corrected chi connectivity index (χ1v) is 12.2. The van der Waals surface area contributed by atoms with Gasteiger partial charge in [-0.05, 0) is 55.3 Å². The molecule has 0 unspecified atom stereocenters. The van der Waals surface area contributed by atoms with Crippen LogP contribution < -0.4 is 9.62 Å². The molecule has 2 aromatic carbocycles. The van der Waals surface area contributed by atoms with Gasteiger partial charge in [0.2, 0.25) is 0 Å². The number of halogens is 4. The van der Waals surface area contributed by atoms with Gasteiger partial charge in [0.1, 0.15) is 5.82 Å². The summed E-state index contributed by atoms with van der Waals surface area (Å²) in [6.07, 6.45) is -0.311. The zero-order valence-electron chi connectivity index (χ0n) is 18.0. The van der Waals surface area contributed by atoms with Gasteiger partial charge in [0, 0.05) is 24.3 Å². The molecule has 0 bridgehead atoms. The van der Waals surface area contributed by atoms with Crippen LogP contribution >= 0.6 is 0 Å². The molecule has 4 rings (SSSR count). The first-order chi connectivity index (χ1) is 16.1. The third kappa shape index (κ3) is 5.46. The van der Waals surface area contributed by atoms with Gasteiger partial charge in [0.05, 0.1) is 16.2 Å². The summed E-state index contributed by atoms with van der Waals surface area (Å²) >= 11 is 0. The highest BCUT2D eigenvalue weighted by atomic mass is 32.2. The lowest BCUT2D eigenvalue weighted by Gasteiger charge is -2.20. The molecule has 0 atom stereocenters. The molecule has 0 spiro atoms. The van der Waals surface area contributed by atoms with Gasteiger partial charge < -0.3 is 4.90 Å². The summed E-state index contributed by atoms with van der Waals surface area (Å²) in [5.74, 6) is -0.879. The molecule has 1 aromatic heterocycles. The van der Waals surface area contributed by atoms with Crippen molar-refractivity contribution >= 4 is 21.5 Å². The lowest BCUT2D eigenvalue weighted by molar-refractivity contribution is -0.140. The van der Waals surface area contributed by atoms with E-state index in [1.807, 2.05) is 6.07 Å². The summed E-state index contributed by atoms with van der Waals surface area (Å²) in [4.78, 5) is 1.57. The van der Waals surface area contributed by atoms with Crippen LogP contribution in [0.4, 0.5) is 29.1 Å². The molecule has 1 N–H and O–H groups in total. The Bertz CT molecular complexity index is 1260. The highest BCUT2D eigenvalue weighted by Crippen LogP contribution is 2.32. The first kappa shape index (κ1) is 23.9. The molecular formula is C23H22F4N4O2S. The summed E-state index contributed by atoms with van der Waals surface area (Å²) in [6, 6.07) is 11.5. The molecule has 0 saturated carbocycles. The first-order valence-electron chi connectivity index (χ1n) is 10.7. The van der Waals surface area contributed by atoms with Crippen molar-refractivity contribution in [2.75, 3.05) is 22.7 Å². The van der Waals surface area contributed by atoms with Crippen molar-refractivity contribution in [3.05, 3.63) is 66.0 Å². The Kier molecular flexibility index (Phi) is 6.74. The monoisotopic (exact) mass is 494 g/mol. The fraction of sp³-hybridized carbons (Fsp3) is 0.304. The third-order valence-electron chi connectivity index (χ3n) is 5.55. The largest absolute Gasteiger partial charge is 0.419 e. The number of aromatic nitrogens is 2. The zero-order valence-corrected chi connectivity index (χ0v) is 18.8. The highest BCUT2D eigenvalue weighted by Gasteiger charge is 2.34. The van der Waals surface area contributed by atoms with Crippen LogP contribution in [0.15, 0.2) is 59.5 Å². The van der Waals surface area contributed by atoms with Gasteiger partial charge in [-0.2, -0.15) is 13.2 Å². The highest BCUT2D eigenvalue weighted by molar-refractivity contribution is 7.92. The number of alkyl halides is 3. The van der Waals surface area contributed by atoms with E-state index in [4.69, 9.17) is 0 Å². The molecule has 3 aromatic rings.